The lowest BCUT2D eigenvalue weighted by atomic mass is 9.66. The molecule has 3 rings (SSSR count). The first-order valence-corrected chi connectivity index (χ1v) is 9.26. The van der Waals surface area contributed by atoms with E-state index in [-0.39, 0.29) is 35.1 Å². The predicted octanol–water partition coefficient (Wildman–Crippen LogP) is 2.47. The average molecular weight is 398 g/mol. The van der Waals surface area contributed by atoms with E-state index in [1.807, 2.05) is 13.8 Å². The zero-order chi connectivity index (χ0) is 21.5. The van der Waals surface area contributed by atoms with Crippen LogP contribution < -0.4 is 0 Å². The Morgan fingerprint density at radius 3 is 2.14 bits per heavy atom. The van der Waals surface area contributed by atoms with Gasteiger partial charge in [0.25, 0.3) is 0 Å². The number of fused-ring (bicyclic) bond motifs is 1. The molecule has 0 saturated heterocycles. The Balaban J connectivity index is 2.26. The Morgan fingerprint density at radius 1 is 1.00 bits per heavy atom. The summed E-state index contributed by atoms with van der Waals surface area (Å²) in [5.74, 6) is -4.40. The Kier molecular flexibility index (Phi) is 5.26. The maximum atomic E-state index is 13.3. The van der Waals surface area contributed by atoms with Crippen LogP contribution in [0.4, 0.5) is 0 Å². The molecule has 2 aliphatic carbocycles. The third-order valence-electron chi connectivity index (χ3n) is 5.26. The van der Waals surface area contributed by atoms with Crippen LogP contribution in [0, 0.1) is 11.3 Å². The summed E-state index contributed by atoms with van der Waals surface area (Å²) in [6.45, 7) is 4.78. The van der Waals surface area contributed by atoms with Crippen LogP contribution in [0.5, 0.6) is 0 Å². The van der Waals surface area contributed by atoms with Crippen LogP contribution in [0.2, 0.25) is 0 Å². The van der Waals surface area contributed by atoms with Crippen molar-refractivity contribution >= 4 is 29.3 Å². The molecule has 0 amide bonds. The number of ether oxygens (including phenoxy) is 2. The fraction of sp³-hybridized carbons (Fsp3) is 0.409. The minimum atomic E-state index is -1.50. The molecular formula is C22H22O7. The zero-order valence-corrected chi connectivity index (χ0v) is 16.7. The quantitative estimate of drug-likeness (QED) is 0.721. The minimum absolute atomic E-state index is 0.0523. The number of hydrogen-bond acceptors (Lipinski definition) is 7. The molecule has 0 fully saturated rings. The van der Waals surface area contributed by atoms with Crippen LogP contribution in [0.15, 0.2) is 35.4 Å². The second kappa shape index (κ2) is 7.39. The van der Waals surface area contributed by atoms with Crippen molar-refractivity contribution in [2.45, 2.75) is 39.7 Å². The molecule has 0 N–H and O–H groups in total. The molecule has 7 heteroatoms. The van der Waals surface area contributed by atoms with Crippen molar-refractivity contribution in [1.29, 1.82) is 0 Å². The molecule has 0 aliphatic heterocycles. The van der Waals surface area contributed by atoms with Gasteiger partial charge in [0, 0.05) is 35.6 Å². The van der Waals surface area contributed by atoms with Crippen molar-refractivity contribution in [2.24, 2.45) is 11.3 Å². The van der Waals surface area contributed by atoms with E-state index in [0.717, 1.165) is 6.92 Å². The van der Waals surface area contributed by atoms with Crippen molar-refractivity contribution in [3.8, 4) is 0 Å². The van der Waals surface area contributed by atoms with Gasteiger partial charge in [-0.05, 0) is 11.8 Å². The molecule has 7 nitrogen and oxygen atoms in total. The molecule has 1 aromatic rings. The van der Waals surface area contributed by atoms with E-state index in [2.05, 4.69) is 0 Å². The van der Waals surface area contributed by atoms with Crippen LogP contribution >= 0.6 is 0 Å². The lowest BCUT2D eigenvalue weighted by molar-refractivity contribution is -0.145. The molecule has 2 unspecified atom stereocenters. The van der Waals surface area contributed by atoms with Gasteiger partial charge in [-0.15, -0.1) is 0 Å². The molecule has 0 bridgehead atoms. The third kappa shape index (κ3) is 3.64. The summed E-state index contributed by atoms with van der Waals surface area (Å²) in [5.41, 5.74) is -0.281. The molecule has 0 radical (unpaired) electrons. The Morgan fingerprint density at radius 2 is 1.59 bits per heavy atom. The fourth-order valence-electron chi connectivity index (χ4n) is 4.11. The van der Waals surface area contributed by atoms with E-state index in [1.54, 1.807) is 12.1 Å². The van der Waals surface area contributed by atoms with Crippen LogP contribution in [0.1, 0.15) is 54.3 Å². The number of hydrogen-bond donors (Lipinski definition) is 0. The van der Waals surface area contributed by atoms with Gasteiger partial charge in [-0.2, -0.15) is 0 Å². The largest absolute Gasteiger partial charge is 0.466 e. The van der Waals surface area contributed by atoms with Crippen molar-refractivity contribution in [1.82, 2.24) is 0 Å². The topological polar surface area (TPSA) is 104 Å². The highest BCUT2D eigenvalue weighted by Gasteiger charge is 2.50. The molecule has 29 heavy (non-hydrogen) atoms. The van der Waals surface area contributed by atoms with Crippen LogP contribution in [-0.4, -0.2) is 42.5 Å². The van der Waals surface area contributed by atoms with Gasteiger partial charge >= 0.3 is 11.9 Å². The fourth-order valence-corrected chi connectivity index (χ4v) is 4.11. The number of carbonyl (C=O) groups is 5. The van der Waals surface area contributed by atoms with Gasteiger partial charge in [0.05, 0.1) is 13.0 Å². The van der Waals surface area contributed by atoms with Gasteiger partial charge in [-0.1, -0.05) is 38.1 Å². The highest BCUT2D eigenvalue weighted by Crippen LogP contribution is 2.43. The summed E-state index contributed by atoms with van der Waals surface area (Å²) >= 11 is 0. The van der Waals surface area contributed by atoms with Crippen molar-refractivity contribution in [2.75, 3.05) is 7.11 Å². The van der Waals surface area contributed by atoms with Crippen LogP contribution in [0.3, 0.4) is 0 Å². The average Bonchev–Trinajstić information content (AvgIpc) is 2.65. The van der Waals surface area contributed by atoms with E-state index < -0.39 is 46.7 Å². The number of ketones is 3. The molecular weight excluding hydrogens is 376 g/mol. The SMILES string of the molecule is COC(=O)C1=C(C2C(=O)c3ccccc3C(=O)C2OC(C)=O)C(=O)CC(C)(C)C1. The lowest BCUT2D eigenvalue weighted by Crippen LogP contribution is -2.47. The molecule has 1 aromatic carbocycles. The molecule has 0 saturated carbocycles. The number of rotatable bonds is 3. The maximum Gasteiger partial charge on any atom is 0.334 e. The highest BCUT2D eigenvalue weighted by molar-refractivity contribution is 6.22. The highest BCUT2D eigenvalue weighted by atomic mass is 16.5. The Bertz CT molecular complexity index is 967. The Hall–Kier alpha value is -3.09. The van der Waals surface area contributed by atoms with Crippen LogP contribution in [0.25, 0.3) is 0 Å². The molecule has 2 aliphatic rings. The standard InChI is InChI=1S/C22H22O7/c1-11(23)29-20-17(18(25)12-7-5-6-8-13(12)19(20)26)16-14(21(27)28-4)9-22(2,3)10-15(16)24/h5-8,17,20H,9-10H2,1-4H3. The van der Waals surface area contributed by atoms with E-state index >= 15 is 0 Å². The monoisotopic (exact) mass is 398 g/mol. The molecule has 0 heterocycles. The zero-order valence-electron chi connectivity index (χ0n) is 16.7. The molecule has 152 valence electrons. The lowest BCUT2D eigenvalue weighted by Gasteiger charge is -2.37. The number of carbonyl (C=O) groups excluding carboxylic acids is 5. The second-order valence-electron chi connectivity index (χ2n) is 8.11. The first-order chi connectivity index (χ1) is 13.6. The van der Waals surface area contributed by atoms with Gasteiger partial charge < -0.3 is 9.47 Å². The maximum absolute atomic E-state index is 13.3. The predicted molar refractivity (Wildman–Crippen MR) is 101 cm³/mol. The van der Waals surface area contributed by atoms with Gasteiger partial charge in [0.2, 0.25) is 5.78 Å². The summed E-state index contributed by atoms with van der Waals surface area (Å²) in [5, 5.41) is 0. The molecule has 2 atom stereocenters. The van der Waals surface area contributed by atoms with Gasteiger partial charge in [-0.25, -0.2) is 4.79 Å². The minimum Gasteiger partial charge on any atom is -0.466 e. The summed E-state index contributed by atoms with van der Waals surface area (Å²) in [7, 11) is 1.19. The van der Waals surface area contributed by atoms with Crippen LogP contribution in [-0.2, 0) is 23.9 Å². The Labute approximate surface area is 168 Å². The summed E-state index contributed by atoms with van der Waals surface area (Å²) in [6.07, 6.45) is -1.21. The number of methoxy groups -OCH3 is 1. The van der Waals surface area contributed by atoms with Crippen molar-refractivity contribution in [3.05, 3.63) is 46.5 Å². The third-order valence-corrected chi connectivity index (χ3v) is 5.26. The molecule has 0 spiro atoms. The number of benzene rings is 1. The number of esters is 2. The summed E-state index contributed by atoms with van der Waals surface area (Å²) < 4.78 is 10.1. The normalized spacial score (nSPS) is 23.5. The summed E-state index contributed by atoms with van der Waals surface area (Å²) in [4.78, 5) is 63.6. The van der Waals surface area contributed by atoms with Crippen molar-refractivity contribution < 1.29 is 33.4 Å². The second-order valence-corrected chi connectivity index (χ2v) is 8.11. The first kappa shape index (κ1) is 20.6. The van der Waals surface area contributed by atoms with E-state index in [9.17, 15) is 24.0 Å². The summed E-state index contributed by atoms with van der Waals surface area (Å²) in [6, 6.07) is 6.17. The van der Waals surface area contributed by atoms with E-state index in [1.165, 1.54) is 19.2 Å². The molecule has 0 aromatic heterocycles. The van der Waals surface area contributed by atoms with Crippen molar-refractivity contribution in [3.63, 3.8) is 0 Å². The first-order valence-electron chi connectivity index (χ1n) is 9.26. The van der Waals surface area contributed by atoms with Gasteiger partial charge in [0.1, 0.15) is 0 Å². The smallest absolute Gasteiger partial charge is 0.334 e. The van der Waals surface area contributed by atoms with E-state index in [0.29, 0.717) is 0 Å². The number of Topliss-reactive ketones (excluding diaryl/α,β-unsaturated/α-hetero) is 3. The van der Waals surface area contributed by atoms with E-state index in [4.69, 9.17) is 9.47 Å². The van der Waals surface area contributed by atoms with Gasteiger partial charge in [0.15, 0.2) is 17.7 Å². The van der Waals surface area contributed by atoms with Gasteiger partial charge in [-0.3, -0.25) is 19.2 Å².